The molecule has 23 heavy (non-hydrogen) atoms. The van der Waals surface area contributed by atoms with Crippen molar-refractivity contribution in [3.8, 4) is 0 Å². The van der Waals surface area contributed by atoms with Gasteiger partial charge in [0, 0.05) is 5.92 Å². The van der Waals surface area contributed by atoms with E-state index in [1.807, 2.05) is 0 Å². The van der Waals surface area contributed by atoms with Gasteiger partial charge in [-0.3, -0.25) is 4.79 Å². The second-order valence-corrected chi connectivity index (χ2v) is 7.34. The highest BCUT2D eigenvalue weighted by atomic mass is 32.2. The van der Waals surface area contributed by atoms with Crippen LogP contribution in [0.25, 0.3) is 0 Å². The molecule has 1 aromatic carbocycles. The van der Waals surface area contributed by atoms with Gasteiger partial charge in [0.25, 0.3) is 0 Å². The summed E-state index contributed by atoms with van der Waals surface area (Å²) in [4.78, 5) is 23.9. The lowest BCUT2D eigenvalue weighted by Gasteiger charge is -2.33. The molecule has 0 aromatic heterocycles. The summed E-state index contributed by atoms with van der Waals surface area (Å²) in [7, 11) is 0. The van der Waals surface area contributed by atoms with E-state index in [-0.39, 0.29) is 17.7 Å². The van der Waals surface area contributed by atoms with Crippen LogP contribution in [0, 0.1) is 17.6 Å². The monoisotopic (exact) mass is 341 g/mol. The van der Waals surface area contributed by atoms with E-state index in [0.717, 1.165) is 12.1 Å². The van der Waals surface area contributed by atoms with Crippen molar-refractivity contribution in [2.75, 3.05) is 11.5 Å². The zero-order valence-electron chi connectivity index (χ0n) is 12.4. The minimum atomic E-state index is -1.19. The number of nitrogens with one attached hydrogen (secondary N) is 1. The molecule has 3 rings (SSSR count). The van der Waals surface area contributed by atoms with E-state index in [2.05, 4.69) is 5.32 Å². The Bertz CT molecular complexity index is 646. The Morgan fingerprint density at radius 3 is 2.52 bits per heavy atom. The number of rotatable bonds is 4. The summed E-state index contributed by atoms with van der Waals surface area (Å²) in [5, 5.41) is 12.2. The molecule has 1 amide bonds. The number of carboxylic acid groups (broad SMARTS) is 1. The third-order valence-corrected chi connectivity index (χ3v) is 5.60. The quantitative estimate of drug-likeness (QED) is 0.883. The molecule has 1 aliphatic carbocycles. The fourth-order valence-electron chi connectivity index (χ4n) is 3.04. The van der Waals surface area contributed by atoms with Gasteiger partial charge in [-0.25, -0.2) is 13.6 Å². The van der Waals surface area contributed by atoms with Crippen LogP contribution < -0.4 is 5.32 Å². The third-order valence-electron chi connectivity index (χ3n) is 4.62. The summed E-state index contributed by atoms with van der Waals surface area (Å²) in [6.07, 6.45) is 1.34. The van der Waals surface area contributed by atoms with E-state index < -0.39 is 23.1 Å². The molecule has 2 fully saturated rings. The Balaban J connectivity index is 1.67. The molecule has 2 N–H and O–H groups in total. The normalized spacial score (nSPS) is 25.7. The Kier molecular flexibility index (Phi) is 4.31. The molecule has 1 saturated carbocycles. The van der Waals surface area contributed by atoms with Gasteiger partial charge in [0.05, 0.1) is 0 Å². The highest BCUT2D eigenvalue weighted by Gasteiger charge is 2.49. The average molecular weight is 341 g/mol. The van der Waals surface area contributed by atoms with Gasteiger partial charge in [-0.1, -0.05) is 6.07 Å². The van der Waals surface area contributed by atoms with Crippen LogP contribution in [0.3, 0.4) is 0 Å². The SMILES string of the molecule is O=C(NC1(C(=O)O)CCSCC1)C1CC1c1ccc(F)c(F)c1. The van der Waals surface area contributed by atoms with Crippen molar-refractivity contribution >= 4 is 23.6 Å². The molecule has 1 aliphatic heterocycles. The first-order valence-electron chi connectivity index (χ1n) is 7.51. The highest BCUT2D eigenvalue weighted by Crippen LogP contribution is 2.48. The maximum Gasteiger partial charge on any atom is 0.329 e. The van der Waals surface area contributed by atoms with E-state index >= 15 is 0 Å². The second kappa shape index (κ2) is 6.11. The van der Waals surface area contributed by atoms with Crippen molar-refractivity contribution < 1.29 is 23.5 Å². The van der Waals surface area contributed by atoms with E-state index in [9.17, 15) is 23.5 Å². The summed E-state index contributed by atoms with van der Waals surface area (Å²) in [5.41, 5.74) is -0.614. The summed E-state index contributed by atoms with van der Waals surface area (Å²) in [6, 6.07) is 3.63. The molecular formula is C16H17F2NO3S. The van der Waals surface area contributed by atoms with Gasteiger partial charge in [0.2, 0.25) is 5.91 Å². The Morgan fingerprint density at radius 1 is 1.22 bits per heavy atom. The second-order valence-electron chi connectivity index (χ2n) is 6.11. The van der Waals surface area contributed by atoms with Gasteiger partial charge < -0.3 is 10.4 Å². The first kappa shape index (κ1) is 16.2. The molecule has 1 saturated heterocycles. The molecule has 124 valence electrons. The van der Waals surface area contributed by atoms with Crippen LogP contribution in [-0.2, 0) is 9.59 Å². The van der Waals surface area contributed by atoms with E-state index in [1.54, 1.807) is 11.8 Å². The molecule has 0 bridgehead atoms. The van der Waals surface area contributed by atoms with E-state index in [0.29, 0.717) is 36.3 Å². The Morgan fingerprint density at radius 2 is 1.91 bits per heavy atom. The zero-order chi connectivity index (χ0) is 16.6. The van der Waals surface area contributed by atoms with Gasteiger partial charge >= 0.3 is 5.97 Å². The first-order valence-corrected chi connectivity index (χ1v) is 8.66. The summed E-state index contributed by atoms with van der Waals surface area (Å²) < 4.78 is 26.2. The molecule has 0 radical (unpaired) electrons. The number of amides is 1. The van der Waals surface area contributed by atoms with E-state index in [1.165, 1.54) is 6.07 Å². The van der Waals surface area contributed by atoms with Crippen molar-refractivity contribution in [2.24, 2.45) is 5.92 Å². The Labute approximate surface area is 136 Å². The largest absolute Gasteiger partial charge is 0.480 e. The molecule has 1 heterocycles. The van der Waals surface area contributed by atoms with Crippen molar-refractivity contribution in [3.63, 3.8) is 0 Å². The van der Waals surface area contributed by atoms with Crippen molar-refractivity contribution in [1.29, 1.82) is 0 Å². The van der Waals surface area contributed by atoms with Crippen LogP contribution in [0.5, 0.6) is 0 Å². The van der Waals surface area contributed by atoms with Crippen molar-refractivity contribution in [1.82, 2.24) is 5.32 Å². The lowest BCUT2D eigenvalue weighted by Crippen LogP contribution is -2.57. The summed E-state index contributed by atoms with van der Waals surface area (Å²) in [5.74, 6) is -2.31. The maximum atomic E-state index is 13.3. The first-order chi connectivity index (χ1) is 10.9. The number of carbonyl (C=O) groups excluding carboxylic acids is 1. The number of carbonyl (C=O) groups is 2. The van der Waals surface area contributed by atoms with Crippen molar-refractivity contribution in [3.05, 3.63) is 35.4 Å². The number of carboxylic acids is 1. The van der Waals surface area contributed by atoms with Gasteiger partial charge in [0.15, 0.2) is 11.6 Å². The molecule has 2 atom stereocenters. The van der Waals surface area contributed by atoms with Gasteiger partial charge in [-0.15, -0.1) is 0 Å². The van der Waals surface area contributed by atoms with Crippen LogP contribution >= 0.6 is 11.8 Å². The van der Waals surface area contributed by atoms with Crippen LogP contribution in [0.15, 0.2) is 18.2 Å². The highest BCUT2D eigenvalue weighted by molar-refractivity contribution is 7.99. The van der Waals surface area contributed by atoms with Gasteiger partial charge in [-0.05, 0) is 54.4 Å². The molecule has 0 spiro atoms. The number of hydrogen-bond donors (Lipinski definition) is 2. The summed E-state index contributed by atoms with van der Waals surface area (Å²) >= 11 is 1.67. The number of benzene rings is 1. The van der Waals surface area contributed by atoms with Gasteiger partial charge in [-0.2, -0.15) is 11.8 Å². The number of hydrogen-bond acceptors (Lipinski definition) is 3. The van der Waals surface area contributed by atoms with Crippen molar-refractivity contribution in [2.45, 2.75) is 30.7 Å². The van der Waals surface area contributed by atoms with Crippen LogP contribution in [-0.4, -0.2) is 34.0 Å². The number of thioether (sulfide) groups is 1. The lowest BCUT2D eigenvalue weighted by atomic mass is 9.92. The van der Waals surface area contributed by atoms with Crippen LogP contribution in [0.4, 0.5) is 8.78 Å². The zero-order valence-corrected chi connectivity index (χ0v) is 13.2. The minimum Gasteiger partial charge on any atom is -0.480 e. The molecular weight excluding hydrogens is 324 g/mol. The number of halogens is 2. The minimum absolute atomic E-state index is 0.172. The molecule has 7 heteroatoms. The molecule has 2 unspecified atom stereocenters. The van der Waals surface area contributed by atoms with Crippen LogP contribution in [0.2, 0.25) is 0 Å². The van der Waals surface area contributed by atoms with E-state index in [4.69, 9.17) is 0 Å². The maximum absolute atomic E-state index is 13.3. The Hall–Kier alpha value is -1.63. The topological polar surface area (TPSA) is 66.4 Å². The smallest absolute Gasteiger partial charge is 0.329 e. The van der Waals surface area contributed by atoms with Crippen LogP contribution in [0.1, 0.15) is 30.7 Å². The summed E-state index contributed by atoms with van der Waals surface area (Å²) in [6.45, 7) is 0. The van der Waals surface area contributed by atoms with Gasteiger partial charge in [0.1, 0.15) is 5.54 Å². The lowest BCUT2D eigenvalue weighted by molar-refractivity contribution is -0.148. The average Bonchev–Trinajstić information content (AvgIpc) is 3.31. The fourth-order valence-corrected chi connectivity index (χ4v) is 4.23. The predicted octanol–water partition coefficient (Wildman–Crippen LogP) is 2.53. The molecule has 2 aliphatic rings. The molecule has 4 nitrogen and oxygen atoms in total. The molecule has 1 aromatic rings. The fraction of sp³-hybridized carbons (Fsp3) is 0.500. The number of aliphatic carboxylic acids is 1. The predicted molar refractivity (Wildman–Crippen MR) is 82.3 cm³/mol. The third kappa shape index (κ3) is 3.20. The standard InChI is InChI=1S/C16H17F2NO3S/c17-12-2-1-9(7-13(12)18)10-8-11(10)14(20)19-16(15(21)22)3-5-23-6-4-16/h1-2,7,10-11H,3-6,8H2,(H,19,20)(H,21,22).